The molecule has 0 saturated heterocycles. The van der Waals surface area contributed by atoms with Crippen molar-refractivity contribution in [3.63, 3.8) is 0 Å². The number of aliphatic hydroxyl groups excluding tert-OH is 1. The molecule has 0 aromatic carbocycles. The fraction of sp³-hybridized carbons (Fsp3) is 0.727. The van der Waals surface area contributed by atoms with Gasteiger partial charge in [0.25, 0.3) is 0 Å². The summed E-state index contributed by atoms with van der Waals surface area (Å²) >= 11 is 0. The Hall–Kier alpha value is -0.630. The summed E-state index contributed by atoms with van der Waals surface area (Å²) in [5.74, 6) is 0.251. The molecule has 0 heterocycles. The van der Waals surface area contributed by atoms with Gasteiger partial charge in [-0.2, -0.15) is 0 Å². The molecule has 1 N–H and O–H groups in total. The highest BCUT2D eigenvalue weighted by Crippen LogP contribution is 2.29. The average molecular weight is 182 g/mol. The maximum Gasteiger partial charge on any atom is 0.138 e. The molecule has 1 aliphatic carbocycles. The van der Waals surface area contributed by atoms with Crippen LogP contribution in [-0.2, 0) is 4.79 Å². The van der Waals surface area contributed by atoms with Gasteiger partial charge in [-0.1, -0.05) is 32.4 Å². The van der Waals surface area contributed by atoms with Crippen LogP contribution in [0.25, 0.3) is 0 Å². The van der Waals surface area contributed by atoms with Crippen molar-refractivity contribution in [3.05, 3.63) is 12.2 Å². The molecule has 0 radical (unpaired) electrons. The number of hydrogen-bond donors (Lipinski definition) is 1. The minimum Gasteiger partial charge on any atom is -0.392 e. The molecule has 0 aliphatic heterocycles. The van der Waals surface area contributed by atoms with E-state index in [2.05, 4.69) is 13.0 Å². The van der Waals surface area contributed by atoms with Gasteiger partial charge in [0.1, 0.15) is 5.78 Å². The van der Waals surface area contributed by atoms with E-state index in [4.69, 9.17) is 0 Å². The first-order valence-electron chi connectivity index (χ1n) is 5.04. The van der Waals surface area contributed by atoms with Crippen LogP contribution in [0.2, 0.25) is 0 Å². The normalized spacial score (nSPS) is 34.7. The Bertz CT molecular complexity index is 208. The molecule has 1 aliphatic rings. The lowest BCUT2D eigenvalue weighted by atomic mass is 9.95. The molecule has 13 heavy (non-hydrogen) atoms. The van der Waals surface area contributed by atoms with E-state index < -0.39 is 6.10 Å². The van der Waals surface area contributed by atoms with E-state index in [1.165, 1.54) is 0 Å². The second-order valence-corrected chi connectivity index (χ2v) is 3.82. The highest BCUT2D eigenvalue weighted by atomic mass is 16.3. The molecule has 0 spiro atoms. The molecule has 74 valence electrons. The van der Waals surface area contributed by atoms with Gasteiger partial charge < -0.3 is 5.11 Å². The monoisotopic (exact) mass is 182 g/mol. The van der Waals surface area contributed by atoms with Crippen molar-refractivity contribution in [2.24, 2.45) is 11.8 Å². The van der Waals surface area contributed by atoms with Crippen LogP contribution >= 0.6 is 0 Å². The summed E-state index contributed by atoms with van der Waals surface area (Å²) in [4.78, 5) is 11.2. The van der Waals surface area contributed by atoms with Crippen molar-refractivity contribution in [3.8, 4) is 0 Å². The van der Waals surface area contributed by atoms with E-state index >= 15 is 0 Å². The third kappa shape index (κ3) is 2.41. The zero-order valence-corrected chi connectivity index (χ0v) is 8.36. The van der Waals surface area contributed by atoms with Gasteiger partial charge >= 0.3 is 0 Å². The Morgan fingerprint density at radius 1 is 1.62 bits per heavy atom. The number of rotatable bonds is 3. The third-order valence-corrected chi connectivity index (χ3v) is 2.75. The van der Waals surface area contributed by atoms with E-state index in [1.54, 1.807) is 0 Å². The number of ketones is 1. The van der Waals surface area contributed by atoms with Gasteiger partial charge in [-0.15, -0.1) is 0 Å². The molecule has 1 fully saturated rings. The first-order chi connectivity index (χ1) is 6.16. The maximum atomic E-state index is 11.2. The fourth-order valence-electron chi connectivity index (χ4n) is 1.79. The van der Waals surface area contributed by atoms with Crippen molar-refractivity contribution < 1.29 is 9.90 Å². The Kier molecular flexibility index (Phi) is 3.67. The topological polar surface area (TPSA) is 37.3 Å². The van der Waals surface area contributed by atoms with E-state index in [9.17, 15) is 9.90 Å². The Morgan fingerprint density at radius 3 is 2.77 bits per heavy atom. The number of hydrogen-bond acceptors (Lipinski definition) is 2. The van der Waals surface area contributed by atoms with E-state index in [1.807, 2.05) is 13.0 Å². The third-order valence-electron chi connectivity index (χ3n) is 2.75. The second kappa shape index (κ2) is 4.56. The number of allylic oxidation sites excluding steroid dienone is 1. The first kappa shape index (κ1) is 10.5. The smallest absolute Gasteiger partial charge is 0.138 e. The number of unbranched alkanes of at least 4 members (excludes halogenated alkanes) is 1. The molecule has 2 unspecified atom stereocenters. The van der Waals surface area contributed by atoms with Gasteiger partial charge in [0.05, 0.1) is 6.10 Å². The minimum absolute atomic E-state index is 0.00288. The maximum absolute atomic E-state index is 11.2. The average Bonchev–Trinajstić information content (AvgIpc) is 2.32. The van der Waals surface area contributed by atoms with Gasteiger partial charge in [-0.05, 0) is 6.42 Å². The van der Waals surface area contributed by atoms with Crippen LogP contribution in [0.15, 0.2) is 12.2 Å². The van der Waals surface area contributed by atoms with Crippen molar-refractivity contribution >= 4 is 5.78 Å². The zero-order valence-electron chi connectivity index (χ0n) is 8.36. The predicted octanol–water partition coefficient (Wildman–Crippen LogP) is 1.93. The van der Waals surface area contributed by atoms with Crippen molar-refractivity contribution in [2.45, 2.75) is 39.2 Å². The van der Waals surface area contributed by atoms with Crippen LogP contribution in [0.1, 0.15) is 33.1 Å². The molecule has 2 heteroatoms. The summed E-state index contributed by atoms with van der Waals surface area (Å²) in [5.41, 5.74) is 0. The predicted molar refractivity (Wildman–Crippen MR) is 52.3 cm³/mol. The second-order valence-electron chi connectivity index (χ2n) is 3.82. The molecule has 0 bridgehead atoms. The molecule has 2 nitrogen and oxygen atoms in total. The molecule has 0 aromatic heterocycles. The first-order valence-corrected chi connectivity index (χ1v) is 5.04. The van der Waals surface area contributed by atoms with Gasteiger partial charge in [-0.25, -0.2) is 0 Å². The standard InChI is InChI=1S/C11H18O2/c1-3-4-5-6-9-8(2)10(12)7-11(9)13/h5-6,8-9,11,13H,3-4,7H2,1-2H3/t8?,9?,11-/m1/s1. The molecule has 1 rings (SSSR count). The Balaban J connectivity index is 2.53. The van der Waals surface area contributed by atoms with Crippen LogP contribution < -0.4 is 0 Å². The molecular formula is C11H18O2. The van der Waals surface area contributed by atoms with Crippen LogP contribution in [0.3, 0.4) is 0 Å². The van der Waals surface area contributed by atoms with E-state index in [0.29, 0.717) is 6.42 Å². The summed E-state index contributed by atoms with van der Waals surface area (Å²) in [5, 5.41) is 9.56. The van der Waals surface area contributed by atoms with Gasteiger partial charge in [0.15, 0.2) is 0 Å². The molecule has 3 atom stereocenters. The van der Waals surface area contributed by atoms with Crippen LogP contribution in [-0.4, -0.2) is 17.0 Å². The van der Waals surface area contributed by atoms with Gasteiger partial charge in [-0.3, -0.25) is 4.79 Å². The number of Topliss-reactive ketones (excluding diaryl/α,β-unsaturated/α-hetero) is 1. The summed E-state index contributed by atoms with van der Waals surface area (Å²) in [6.45, 7) is 4.02. The zero-order chi connectivity index (χ0) is 9.84. The minimum atomic E-state index is -0.449. The summed E-state index contributed by atoms with van der Waals surface area (Å²) in [7, 11) is 0. The van der Waals surface area contributed by atoms with Crippen molar-refractivity contribution in [1.29, 1.82) is 0 Å². The van der Waals surface area contributed by atoms with Crippen molar-refractivity contribution in [1.82, 2.24) is 0 Å². The van der Waals surface area contributed by atoms with Gasteiger partial charge in [0.2, 0.25) is 0 Å². The van der Waals surface area contributed by atoms with Crippen LogP contribution in [0, 0.1) is 11.8 Å². The Morgan fingerprint density at radius 2 is 2.31 bits per heavy atom. The lowest BCUT2D eigenvalue weighted by molar-refractivity contribution is -0.120. The summed E-state index contributed by atoms with van der Waals surface area (Å²) in [6, 6.07) is 0. The lowest BCUT2D eigenvalue weighted by Gasteiger charge is -2.12. The van der Waals surface area contributed by atoms with E-state index in [-0.39, 0.29) is 17.6 Å². The van der Waals surface area contributed by atoms with Crippen LogP contribution in [0.5, 0.6) is 0 Å². The molecule has 0 amide bonds. The highest BCUT2D eigenvalue weighted by Gasteiger charge is 2.36. The largest absolute Gasteiger partial charge is 0.392 e. The quantitative estimate of drug-likeness (QED) is 0.677. The van der Waals surface area contributed by atoms with Crippen molar-refractivity contribution in [2.75, 3.05) is 0 Å². The highest BCUT2D eigenvalue weighted by molar-refractivity contribution is 5.84. The fourth-order valence-corrected chi connectivity index (χ4v) is 1.79. The SMILES string of the molecule is CCCC=CC1C(C)C(=O)C[C@H]1O. The summed E-state index contributed by atoms with van der Waals surface area (Å²) < 4.78 is 0. The molecule has 1 saturated carbocycles. The molecule has 0 aromatic rings. The van der Waals surface area contributed by atoms with Gasteiger partial charge in [0, 0.05) is 18.3 Å². The number of carbonyl (C=O) groups excluding carboxylic acids is 1. The molecular weight excluding hydrogens is 164 g/mol. The number of aliphatic hydroxyl groups is 1. The van der Waals surface area contributed by atoms with Crippen LogP contribution in [0.4, 0.5) is 0 Å². The Labute approximate surface area is 79.6 Å². The number of carbonyl (C=O) groups is 1. The lowest BCUT2D eigenvalue weighted by Crippen LogP contribution is -2.15. The van der Waals surface area contributed by atoms with E-state index in [0.717, 1.165) is 12.8 Å². The summed E-state index contributed by atoms with van der Waals surface area (Å²) in [6.07, 6.45) is 6.11.